The molecule has 88 valence electrons. The first-order chi connectivity index (χ1) is 7.77. The van der Waals surface area contributed by atoms with Gasteiger partial charge < -0.3 is 5.73 Å². The molecule has 1 aromatic rings. The van der Waals surface area contributed by atoms with E-state index in [0.29, 0.717) is 5.25 Å². The minimum absolute atomic E-state index is 0.190. The molecular formula is C13H20N2S. The molecule has 1 saturated carbocycles. The highest BCUT2D eigenvalue weighted by Crippen LogP contribution is 2.40. The van der Waals surface area contributed by atoms with Gasteiger partial charge in [0.05, 0.1) is 0 Å². The zero-order chi connectivity index (χ0) is 11.4. The topological polar surface area (TPSA) is 38.9 Å². The van der Waals surface area contributed by atoms with E-state index in [9.17, 15) is 0 Å². The Morgan fingerprint density at radius 3 is 2.75 bits per heavy atom. The molecule has 0 bridgehead atoms. The number of thioether (sulfide) groups is 1. The summed E-state index contributed by atoms with van der Waals surface area (Å²) in [6.45, 7) is 2.10. The van der Waals surface area contributed by atoms with E-state index < -0.39 is 0 Å². The average Bonchev–Trinajstić information content (AvgIpc) is 2.79. The predicted molar refractivity (Wildman–Crippen MR) is 70.5 cm³/mol. The minimum atomic E-state index is 0.190. The molecule has 3 heteroatoms. The van der Waals surface area contributed by atoms with Crippen molar-refractivity contribution >= 4 is 11.8 Å². The first kappa shape index (κ1) is 11.9. The fourth-order valence-electron chi connectivity index (χ4n) is 2.28. The maximum atomic E-state index is 6.10. The third kappa shape index (κ3) is 2.98. The zero-order valence-electron chi connectivity index (χ0n) is 9.80. The Hall–Kier alpha value is -0.540. The van der Waals surface area contributed by atoms with E-state index in [1.807, 2.05) is 30.2 Å². The maximum Gasteiger partial charge on any atom is 0.0463 e. The van der Waals surface area contributed by atoms with Gasteiger partial charge in [-0.15, -0.1) is 11.8 Å². The highest BCUT2D eigenvalue weighted by atomic mass is 32.2. The highest BCUT2D eigenvalue weighted by molar-refractivity contribution is 8.00. The number of aromatic nitrogens is 1. The van der Waals surface area contributed by atoms with Crippen LogP contribution in [0.5, 0.6) is 0 Å². The number of hydrogen-bond acceptors (Lipinski definition) is 3. The van der Waals surface area contributed by atoms with Crippen LogP contribution in [-0.2, 0) is 0 Å². The van der Waals surface area contributed by atoms with Gasteiger partial charge in [0.2, 0.25) is 0 Å². The van der Waals surface area contributed by atoms with Gasteiger partial charge in [-0.1, -0.05) is 18.9 Å². The molecule has 1 aliphatic carbocycles. The quantitative estimate of drug-likeness (QED) is 0.873. The summed E-state index contributed by atoms with van der Waals surface area (Å²) in [5.74, 6) is 0. The third-order valence-corrected chi connectivity index (χ3v) is 4.98. The van der Waals surface area contributed by atoms with E-state index in [-0.39, 0.29) is 6.04 Å². The molecule has 2 nitrogen and oxygen atoms in total. The van der Waals surface area contributed by atoms with Crippen LogP contribution in [-0.4, -0.2) is 16.3 Å². The number of hydrogen-bond donors (Lipinski definition) is 1. The Bertz CT molecular complexity index is 307. The third-order valence-electron chi connectivity index (χ3n) is 3.13. The standard InChI is InChI=1S/C13H20N2S/c1-10(14)13(11-5-4-8-15-9-11)16-12-6-2-3-7-12/h4-5,8-10,12-13H,2-3,6-7,14H2,1H3. The molecule has 1 heterocycles. The van der Waals surface area contributed by atoms with Crippen molar-refractivity contribution in [2.45, 2.75) is 49.1 Å². The maximum absolute atomic E-state index is 6.10. The van der Waals surface area contributed by atoms with Crippen LogP contribution in [0, 0.1) is 0 Å². The Kier molecular flexibility index (Phi) is 4.24. The summed E-state index contributed by atoms with van der Waals surface area (Å²) in [5, 5.41) is 1.20. The number of nitrogens with two attached hydrogens (primary N) is 1. The molecule has 1 aromatic heterocycles. The SMILES string of the molecule is CC(N)C(SC1CCCC1)c1cccnc1. The molecular weight excluding hydrogens is 216 g/mol. The molecule has 0 spiro atoms. The number of nitrogens with zero attached hydrogens (tertiary/aromatic N) is 1. The molecule has 2 atom stereocenters. The van der Waals surface area contributed by atoms with Crippen LogP contribution in [0.4, 0.5) is 0 Å². The first-order valence-electron chi connectivity index (χ1n) is 6.08. The van der Waals surface area contributed by atoms with Gasteiger partial charge in [-0.2, -0.15) is 0 Å². The second-order valence-electron chi connectivity index (χ2n) is 4.61. The van der Waals surface area contributed by atoms with Crippen LogP contribution >= 0.6 is 11.8 Å². The number of rotatable bonds is 4. The molecule has 16 heavy (non-hydrogen) atoms. The van der Waals surface area contributed by atoms with Crippen molar-refractivity contribution in [3.05, 3.63) is 30.1 Å². The molecule has 2 unspecified atom stereocenters. The average molecular weight is 236 g/mol. The molecule has 0 aliphatic heterocycles. The fourth-order valence-corrected chi connectivity index (χ4v) is 3.85. The lowest BCUT2D eigenvalue weighted by molar-refractivity contribution is 0.712. The Morgan fingerprint density at radius 1 is 1.44 bits per heavy atom. The minimum Gasteiger partial charge on any atom is -0.327 e. The summed E-state index contributed by atoms with van der Waals surface area (Å²) in [6, 6.07) is 4.33. The predicted octanol–water partition coefficient (Wildman–Crippen LogP) is 3.15. The van der Waals surface area contributed by atoms with Crippen molar-refractivity contribution in [1.29, 1.82) is 0 Å². The lowest BCUT2D eigenvalue weighted by Crippen LogP contribution is -2.24. The molecule has 0 aromatic carbocycles. The fraction of sp³-hybridized carbons (Fsp3) is 0.615. The number of pyridine rings is 1. The van der Waals surface area contributed by atoms with Crippen molar-refractivity contribution in [3.63, 3.8) is 0 Å². The second kappa shape index (κ2) is 5.69. The van der Waals surface area contributed by atoms with E-state index >= 15 is 0 Å². The molecule has 1 fully saturated rings. The summed E-state index contributed by atoms with van der Waals surface area (Å²) < 4.78 is 0. The normalized spacial score (nSPS) is 20.9. The van der Waals surface area contributed by atoms with Crippen LogP contribution < -0.4 is 5.73 Å². The summed E-state index contributed by atoms with van der Waals surface area (Å²) in [6.07, 6.45) is 9.26. The van der Waals surface area contributed by atoms with Gasteiger partial charge in [0.15, 0.2) is 0 Å². The Balaban J connectivity index is 2.05. The molecule has 0 amide bonds. The zero-order valence-corrected chi connectivity index (χ0v) is 10.6. The molecule has 0 radical (unpaired) electrons. The van der Waals surface area contributed by atoms with Crippen LogP contribution in [0.2, 0.25) is 0 Å². The van der Waals surface area contributed by atoms with Gasteiger partial charge in [-0.05, 0) is 31.4 Å². The Labute approximate surface area is 102 Å². The van der Waals surface area contributed by atoms with Crippen LogP contribution in [0.25, 0.3) is 0 Å². The summed E-state index contributed by atoms with van der Waals surface area (Å²) in [5.41, 5.74) is 7.37. The smallest absolute Gasteiger partial charge is 0.0463 e. The van der Waals surface area contributed by atoms with Crippen LogP contribution in [0.3, 0.4) is 0 Å². The van der Waals surface area contributed by atoms with Gasteiger partial charge in [-0.25, -0.2) is 0 Å². The molecule has 2 rings (SSSR count). The second-order valence-corrected chi connectivity index (χ2v) is 6.06. The Morgan fingerprint density at radius 2 is 2.19 bits per heavy atom. The molecule has 2 N–H and O–H groups in total. The van der Waals surface area contributed by atoms with Gasteiger partial charge in [0, 0.05) is 28.9 Å². The molecule has 0 saturated heterocycles. The van der Waals surface area contributed by atoms with Crippen molar-refractivity contribution in [1.82, 2.24) is 4.98 Å². The summed E-state index contributed by atoms with van der Waals surface area (Å²) in [7, 11) is 0. The monoisotopic (exact) mass is 236 g/mol. The van der Waals surface area contributed by atoms with E-state index in [1.165, 1.54) is 31.2 Å². The van der Waals surface area contributed by atoms with Gasteiger partial charge in [0.25, 0.3) is 0 Å². The van der Waals surface area contributed by atoms with Crippen molar-refractivity contribution < 1.29 is 0 Å². The largest absolute Gasteiger partial charge is 0.327 e. The summed E-state index contributed by atoms with van der Waals surface area (Å²) in [4.78, 5) is 4.19. The lowest BCUT2D eigenvalue weighted by atomic mass is 10.1. The lowest BCUT2D eigenvalue weighted by Gasteiger charge is -2.23. The summed E-state index contributed by atoms with van der Waals surface area (Å²) >= 11 is 2.05. The van der Waals surface area contributed by atoms with Gasteiger partial charge in [0.1, 0.15) is 0 Å². The molecule has 1 aliphatic rings. The van der Waals surface area contributed by atoms with E-state index in [0.717, 1.165) is 5.25 Å². The van der Waals surface area contributed by atoms with E-state index in [1.54, 1.807) is 0 Å². The van der Waals surface area contributed by atoms with Crippen LogP contribution in [0.15, 0.2) is 24.5 Å². The van der Waals surface area contributed by atoms with E-state index in [4.69, 9.17) is 5.73 Å². The highest BCUT2D eigenvalue weighted by Gasteiger charge is 2.24. The van der Waals surface area contributed by atoms with Crippen LogP contribution in [0.1, 0.15) is 43.4 Å². The van der Waals surface area contributed by atoms with E-state index in [2.05, 4.69) is 18.0 Å². The van der Waals surface area contributed by atoms with Gasteiger partial charge in [-0.3, -0.25) is 4.98 Å². The van der Waals surface area contributed by atoms with Crippen molar-refractivity contribution in [2.75, 3.05) is 0 Å². The van der Waals surface area contributed by atoms with Gasteiger partial charge >= 0.3 is 0 Å². The first-order valence-corrected chi connectivity index (χ1v) is 7.02. The van der Waals surface area contributed by atoms with Crippen molar-refractivity contribution in [3.8, 4) is 0 Å². The van der Waals surface area contributed by atoms with Crippen molar-refractivity contribution in [2.24, 2.45) is 5.73 Å².